The van der Waals surface area contributed by atoms with E-state index in [1.54, 1.807) is 0 Å². The Morgan fingerprint density at radius 3 is 2.59 bits per heavy atom. The first-order valence-electron chi connectivity index (χ1n) is 12.9. The number of aliphatic hydroxyl groups excluding tert-OH is 2. The lowest BCUT2D eigenvalue weighted by Gasteiger charge is -2.57. The maximum absolute atomic E-state index is 14.9. The number of aliphatic hydroxyl groups is 2. The van der Waals surface area contributed by atoms with Crippen LogP contribution < -0.4 is 15.0 Å². The highest BCUT2D eigenvalue weighted by atomic mass is 19.3. The largest absolute Gasteiger partial charge is 0.494 e. The minimum Gasteiger partial charge on any atom is -0.494 e. The molecule has 2 heterocycles. The Hall–Kier alpha value is -3.21. The van der Waals surface area contributed by atoms with Crippen molar-refractivity contribution in [3.8, 4) is 17.0 Å². The van der Waals surface area contributed by atoms with Gasteiger partial charge < -0.3 is 25.2 Å². The Labute approximate surface area is 224 Å². The average Bonchev–Trinajstić information content (AvgIpc) is 2.95. The smallest absolute Gasteiger partial charge is 0.275 e. The van der Waals surface area contributed by atoms with Crippen molar-refractivity contribution in [2.75, 3.05) is 18.6 Å². The van der Waals surface area contributed by atoms with Crippen molar-refractivity contribution in [1.29, 1.82) is 0 Å². The third-order valence-corrected chi connectivity index (χ3v) is 8.03. The Morgan fingerprint density at radius 1 is 1.10 bits per heavy atom. The molecule has 10 heteroatoms. The molecule has 2 aliphatic rings. The lowest BCUT2D eigenvalue weighted by atomic mass is 9.67. The number of nitrogens with zero attached hydrogens (tertiary/aromatic N) is 2. The van der Waals surface area contributed by atoms with Gasteiger partial charge in [-0.05, 0) is 37.0 Å². The fourth-order valence-electron chi connectivity index (χ4n) is 6.07. The highest BCUT2D eigenvalue weighted by Gasteiger charge is 2.61. The lowest BCUT2D eigenvalue weighted by molar-refractivity contribution is -0.181. The molecule has 1 aliphatic heterocycles. The summed E-state index contributed by atoms with van der Waals surface area (Å²) < 4.78 is 63.8. The SMILES string of the molecule is COc1cc(F)c(-c2cc(CO)c(N3CCC[C@@]4(NCc5ccccc5)C3CCC(F)(F)[C@@H]4O)cn2)cc1F. The first-order chi connectivity index (χ1) is 18.7. The number of halogens is 4. The molecule has 1 unspecified atom stereocenters. The number of piperidine rings is 1. The van der Waals surface area contributed by atoms with Crippen LogP contribution in [-0.2, 0) is 13.2 Å². The summed E-state index contributed by atoms with van der Waals surface area (Å²) in [6, 6.07) is 12.2. The second kappa shape index (κ2) is 10.7. The quantitative estimate of drug-likeness (QED) is 0.370. The van der Waals surface area contributed by atoms with E-state index in [-0.39, 0.29) is 23.4 Å². The Balaban J connectivity index is 1.51. The van der Waals surface area contributed by atoms with Crippen LogP contribution in [0.5, 0.6) is 5.75 Å². The molecule has 39 heavy (non-hydrogen) atoms. The van der Waals surface area contributed by atoms with Gasteiger partial charge in [-0.15, -0.1) is 0 Å². The normalized spacial score (nSPS) is 24.3. The molecule has 3 N–H and O–H groups in total. The van der Waals surface area contributed by atoms with Crippen molar-refractivity contribution < 1.29 is 32.5 Å². The van der Waals surface area contributed by atoms with Crippen molar-refractivity contribution in [2.24, 2.45) is 0 Å². The number of anilines is 1. The summed E-state index contributed by atoms with van der Waals surface area (Å²) >= 11 is 0. The van der Waals surface area contributed by atoms with Crippen LogP contribution in [0.1, 0.15) is 36.8 Å². The monoisotopic (exact) mass is 545 g/mol. The van der Waals surface area contributed by atoms with E-state index >= 15 is 0 Å². The van der Waals surface area contributed by atoms with E-state index in [9.17, 15) is 27.8 Å². The first-order valence-corrected chi connectivity index (χ1v) is 12.9. The second-order valence-electron chi connectivity index (χ2n) is 10.2. The van der Waals surface area contributed by atoms with Gasteiger partial charge in [0.2, 0.25) is 0 Å². The third kappa shape index (κ3) is 4.97. The number of fused-ring (bicyclic) bond motifs is 1. The van der Waals surface area contributed by atoms with Crippen LogP contribution in [0.25, 0.3) is 11.3 Å². The maximum atomic E-state index is 14.9. The second-order valence-corrected chi connectivity index (χ2v) is 10.2. The molecule has 1 saturated carbocycles. The molecule has 0 amide bonds. The molecule has 3 atom stereocenters. The number of nitrogens with one attached hydrogen (secondary N) is 1. The van der Waals surface area contributed by atoms with Crippen LogP contribution >= 0.6 is 0 Å². The van der Waals surface area contributed by atoms with Crippen LogP contribution in [0.15, 0.2) is 54.7 Å². The molecule has 0 spiro atoms. The predicted molar refractivity (Wildman–Crippen MR) is 139 cm³/mol. The first kappa shape index (κ1) is 27.4. The highest BCUT2D eigenvalue weighted by Crippen LogP contribution is 2.48. The number of aromatic nitrogens is 1. The van der Waals surface area contributed by atoms with E-state index in [1.165, 1.54) is 19.4 Å². The fraction of sp³-hybridized carbons (Fsp3) is 0.414. The molecule has 3 aromatic rings. The number of ether oxygens (including phenoxy) is 1. The van der Waals surface area contributed by atoms with Gasteiger partial charge in [-0.25, -0.2) is 17.6 Å². The predicted octanol–water partition coefficient (Wildman–Crippen LogP) is 4.82. The molecule has 2 fully saturated rings. The van der Waals surface area contributed by atoms with E-state index in [1.807, 2.05) is 35.2 Å². The zero-order valence-corrected chi connectivity index (χ0v) is 21.5. The van der Waals surface area contributed by atoms with Crippen LogP contribution in [0, 0.1) is 11.6 Å². The van der Waals surface area contributed by atoms with Crippen molar-refractivity contribution >= 4 is 5.69 Å². The Bertz CT molecular complexity index is 1330. The number of hydrogen-bond acceptors (Lipinski definition) is 6. The van der Waals surface area contributed by atoms with Gasteiger partial charge in [-0.2, -0.15) is 0 Å². The van der Waals surface area contributed by atoms with E-state index in [0.29, 0.717) is 37.2 Å². The van der Waals surface area contributed by atoms with E-state index in [0.717, 1.165) is 17.7 Å². The zero-order valence-electron chi connectivity index (χ0n) is 21.5. The van der Waals surface area contributed by atoms with E-state index < -0.39 is 48.3 Å². The van der Waals surface area contributed by atoms with Crippen LogP contribution in [0.4, 0.5) is 23.2 Å². The molecular weight excluding hydrogens is 514 g/mol. The number of rotatable bonds is 7. The Kier molecular flexibility index (Phi) is 7.54. The Morgan fingerprint density at radius 2 is 1.87 bits per heavy atom. The van der Waals surface area contributed by atoms with Crippen LogP contribution in [0.2, 0.25) is 0 Å². The summed E-state index contributed by atoms with van der Waals surface area (Å²) in [7, 11) is 1.24. The van der Waals surface area contributed by atoms with Gasteiger partial charge in [0.05, 0.1) is 42.9 Å². The summed E-state index contributed by atoms with van der Waals surface area (Å²) in [6.07, 6.45) is 0.00712. The van der Waals surface area contributed by atoms with Crippen LogP contribution in [-0.4, -0.2) is 52.5 Å². The summed E-state index contributed by atoms with van der Waals surface area (Å²) in [5.41, 5.74) is 0.499. The highest BCUT2D eigenvalue weighted by molar-refractivity contribution is 5.66. The molecule has 1 saturated heterocycles. The van der Waals surface area contributed by atoms with E-state index in [4.69, 9.17) is 4.74 Å². The number of pyridine rings is 1. The maximum Gasteiger partial charge on any atom is 0.275 e. The van der Waals surface area contributed by atoms with Gasteiger partial charge in [-0.1, -0.05) is 30.3 Å². The van der Waals surface area contributed by atoms with Gasteiger partial charge in [0, 0.05) is 36.7 Å². The third-order valence-electron chi connectivity index (χ3n) is 8.03. The van der Waals surface area contributed by atoms with E-state index in [2.05, 4.69) is 10.3 Å². The minimum absolute atomic E-state index is 0.0974. The van der Waals surface area contributed by atoms with Crippen molar-refractivity contribution in [3.05, 3.63) is 77.5 Å². The molecule has 5 rings (SSSR count). The van der Waals surface area contributed by atoms with Crippen molar-refractivity contribution in [1.82, 2.24) is 10.3 Å². The lowest BCUT2D eigenvalue weighted by Crippen LogP contribution is -2.75. The van der Waals surface area contributed by atoms with Gasteiger partial charge in [0.25, 0.3) is 5.92 Å². The molecule has 208 valence electrons. The summed E-state index contributed by atoms with van der Waals surface area (Å²) in [5, 5.41) is 24.6. The van der Waals surface area contributed by atoms with Gasteiger partial charge in [-0.3, -0.25) is 4.98 Å². The van der Waals surface area contributed by atoms with Crippen molar-refractivity contribution in [3.63, 3.8) is 0 Å². The minimum atomic E-state index is -3.26. The standard InChI is InChI=1S/C29H31F4N3O3/c1-39-25-14-21(30)20(13-22(25)31)23-12-19(17-37)24(16-34-23)36-11-5-9-28(35-15-18-6-3-2-4-7-18)26(36)8-10-29(32,33)27(28)38/h2-4,6-7,12-14,16,26-27,35,37-38H,5,8-11,15,17H2,1H3/t26?,27-,28-/m1/s1. The summed E-state index contributed by atoms with van der Waals surface area (Å²) in [5.74, 6) is -5.00. The van der Waals surface area contributed by atoms with Gasteiger partial charge in [0.15, 0.2) is 11.6 Å². The van der Waals surface area contributed by atoms with Gasteiger partial charge >= 0.3 is 0 Å². The zero-order chi connectivity index (χ0) is 27.8. The average molecular weight is 546 g/mol. The summed E-state index contributed by atoms with van der Waals surface area (Å²) in [6.45, 7) is 0.361. The molecular formula is C29H31F4N3O3. The molecule has 1 aromatic heterocycles. The number of alkyl halides is 2. The molecule has 0 bridgehead atoms. The van der Waals surface area contributed by atoms with Crippen molar-refractivity contribution in [2.45, 2.75) is 62.4 Å². The molecule has 0 radical (unpaired) electrons. The molecule has 6 nitrogen and oxygen atoms in total. The molecule has 2 aromatic carbocycles. The topological polar surface area (TPSA) is 77.9 Å². The fourth-order valence-corrected chi connectivity index (χ4v) is 6.07. The molecule has 1 aliphatic carbocycles. The number of hydrogen-bond donors (Lipinski definition) is 3. The summed E-state index contributed by atoms with van der Waals surface area (Å²) in [4.78, 5) is 6.27. The van der Waals surface area contributed by atoms with Gasteiger partial charge in [0.1, 0.15) is 11.9 Å². The van der Waals surface area contributed by atoms with Crippen LogP contribution in [0.3, 0.4) is 0 Å². The number of benzene rings is 2. The number of methoxy groups -OCH3 is 1.